The predicted molar refractivity (Wildman–Crippen MR) is 150 cm³/mol. The number of hydrogen-bond donors (Lipinski definition) is 3. The average molecular weight is 585 g/mol. The van der Waals surface area contributed by atoms with Crippen LogP contribution in [0, 0.1) is 6.92 Å². The predicted octanol–water partition coefficient (Wildman–Crippen LogP) is 3.83. The first-order chi connectivity index (χ1) is 18.9. The molecule has 0 saturated heterocycles. The van der Waals surface area contributed by atoms with Crippen molar-refractivity contribution in [2.45, 2.75) is 24.8 Å². The quantitative estimate of drug-likeness (QED) is 0.266. The van der Waals surface area contributed by atoms with Crippen molar-refractivity contribution in [2.75, 3.05) is 10.0 Å². The summed E-state index contributed by atoms with van der Waals surface area (Å²) < 4.78 is 36.2. The van der Waals surface area contributed by atoms with Crippen LogP contribution in [0.25, 0.3) is 5.69 Å². The van der Waals surface area contributed by atoms with Crippen molar-refractivity contribution in [1.29, 1.82) is 0 Å². The highest BCUT2D eigenvalue weighted by Crippen LogP contribution is 2.27. The molecule has 0 radical (unpaired) electrons. The van der Waals surface area contributed by atoms with Crippen molar-refractivity contribution in [3.63, 3.8) is 0 Å². The van der Waals surface area contributed by atoms with E-state index in [2.05, 4.69) is 10.0 Å². The van der Waals surface area contributed by atoms with E-state index in [1.807, 2.05) is 0 Å². The number of amides is 1. The molecule has 1 aromatic heterocycles. The zero-order chi connectivity index (χ0) is 29.2. The lowest BCUT2D eigenvalue weighted by Gasteiger charge is -2.15. The number of esters is 1. The number of sulfonamides is 1. The fourth-order valence-electron chi connectivity index (χ4n) is 3.81. The minimum atomic E-state index is -4.20. The van der Waals surface area contributed by atoms with Gasteiger partial charge in [-0.2, -0.15) is 0 Å². The molecule has 0 aliphatic carbocycles. The number of anilines is 2. The highest BCUT2D eigenvalue weighted by atomic mass is 35.5. The van der Waals surface area contributed by atoms with Gasteiger partial charge in [-0.1, -0.05) is 41.9 Å². The molecule has 11 nitrogen and oxygen atoms in total. The minimum Gasteiger partial charge on any atom is -0.507 e. The Kier molecular flexibility index (Phi) is 8.03. The second-order valence-electron chi connectivity index (χ2n) is 8.74. The summed E-state index contributed by atoms with van der Waals surface area (Å²) in [5.41, 5.74) is 0.202. The Morgan fingerprint density at radius 3 is 2.35 bits per heavy atom. The molecular weight excluding hydrogens is 560 g/mol. The molecule has 3 aromatic carbocycles. The smallest absolute Gasteiger partial charge is 0.342 e. The van der Waals surface area contributed by atoms with E-state index in [0.29, 0.717) is 11.4 Å². The Morgan fingerprint density at radius 2 is 1.68 bits per heavy atom. The fraction of sp³-hybridized carbons (Fsp3) is 0.148. The summed E-state index contributed by atoms with van der Waals surface area (Å²) in [5.74, 6) is -2.51. The van der Waals surface area contributed by atoms with Crippen molar-refractivity contribution in [3.05, 3.63) is 99.4 Å². The van der Waals surface area contributed by atoms with Crippen LogP contribution in [0.15, 0.2) is 82.5 Å². The lowest BCUT2D eigenvalue weighted by atomic mass is 10.2. The van der Waals surface area contributed by atoms with Gasteiger partial charge in [-0.3, -0.25) is 19.0 Å². The number of aromatic hydroxyl groups is 1. The number of phenols is 1. The molecule has 0 aliphatic heterocycles. The van der Waals surface area contributed by atoms with Crippen LogP contribution >= 0.6 is 11.6 Å². The van der Waals surface area contributed by atoms with Gasteiger partial charge in [0.05, 0.1) is 27.0 Å². The van der Waals surface area contributed by atoms with Crippen LogP contribution in [0.4, 0.5) is 11.4 Å². The molecule has 0 saturated carbocycles. The van der Waals surface area contributed by atoms with Crippen LogP contribution in [-0.2, 0) is 26.6 Å². The van der Waals surface area contributed by atoms with Crippen LogP contribution in [0.3, 0.4) is 0 Å². The number of halogens is 1. The summed E-state index contributed by atoms with van der Waals surface area (Å²) in [6.45, 7) is 2.92. The molecular formula is C27H25ClN4O7S. The van der Waals surface area contributed by atoms with Crippen LogP contribution in [0.1, 0.15) is 23.0 Å². The van der Waals surface area contributed by atoms with Gasteiger partial charge in [0.25, 0.3) is 21.5 Å². The monoisotopic (exact) mass is 584 g/mol. The summed E-state index contributed by atoms with van der Waals surface area (Å²) in [6.07, 6.45) is -1.41. The van der Waals surface area contributed by atoms with Gasteiger partial charge in [0, 0.05) is 7.05 Å². The third kappa shape index (κ3) is 5.72. The van der Waals surface area contributed by atoms with E-state index >= 15 is 0 Å². The first-order valence-corrected chi connectivity index (χ1v) is 13.7. The van der Waals surface area contributed by atoms with Crippen LogP contribution < -0.4 is 15.6 Å². The molecule has 1 heterocycles. The summed E-state index contributed by atoms with van der Waals surface area (Å²) in [5, 5.41) is 12.9. The van der Waals surface area contributed by atoms with E-state index in [1.54, 1.807) is 61.1 Å². The molecule has 40 heavy (non-hydrogen) atoms. The van der Waals surface area contributed by atoms with Crippen molar-refractivity contribution in [1.82, 2.24) is 9.36 Å². The largest absolute Gasteiger partial charge is 0.507 e. The van der Waals surface area contributed by atoms with E-state index < -0.39 is 44.9 Å². The van der Waals surface area contributed by atoms with E-state index in [4.69, 9.17) is 16.3 Å². The number of phenolic OH excluding ortho intramolecular Hbond substituents is 1. The molecule has 13 heteroatoms. The summed E-state index contributed by atoms with van der Waals surface area (Å²) in [6, 6.07) is 18.0. The maximum Gasteiger partial charge on any atom is 0.342 e. The van der Waals surface area contributed by atoms with Gasteiger partial charge in [0.1, 0.15) is 17.0 Å². The van der Waals surface area contributed by atoms with Gasteiger partial charge < -0.3 is 15.2 Å². The number of carbonyl (C=O) groups excluding carboxylic acids is 2. The average Bonchev–Trinajstić information content (AvgIpc) is 3.13. The third-order valence-corrected chi connectivity index (χ3v) is 7.76. The number of benzene rings is 3. The molecule has 1 unspecified atom stereocenters. The zero-order valence-electron chi connectivity index (χ0n) is 21.6. The molecule has 1 amide bonds. The van der Waals surface area contributed by atoms with Gasteiger partial charge >= 0.3 is 5.97 Å². The van der Waals surface area contributed by atoms with E-state index in [1.165, 1.54) is 23.7 Å². The molecule has 3 N–H and O–H groups in total. The molecule has 0 aliphatic rings. The normalized spacial score (nSPS) is 12.0. The van der Waals surface area contributed by atoms with Crippen molar-refractivity contribution in [2.24, 2.45) is 7.05 Å². The Balaban J connectivity index is 1.52. The molecule has 208 valence electrons. The molecule has 1 atom stereocenters. The number of aromatic nitrogens is 2. The van der Waals surface area contributed by atoms with E-state index in [-0.39, 0.29) is 21.3 Å². The van der Waals surface area contributed by atoms with E-state index in [0.717, 1.165) is 18.2 Å². The molecule has 0 bridgehead atoms. The Morgan fingerprint density at radius 1 is 1.02 bits per heavy atom. The van der Waals surface area contributed by atoms with Crippen LogP contribution in [0.2, 0.25) is 5.02 Å². The van der Waals surface area contributed by atoms with Gasteiger partial charge in [0.15, 0.2) is 6.10 Å². The molecule has 4 rings (SSSR count). The number of nitrogens with one attached hydrogen (secondary N) is 2. The van der Waals surface area contributed by atoms with Gasteiger partial charge in [-0.25, -0.2) is 17.9 Å². The number of nitrogens with zero attached hydrogens (tertiary/aromatic N) is 2. The SMILES string of the molecule is Cc1c(NC(=O)C(C)OC(=O)c2cc(S(=O)(=O)Nc3ccccc3Cl)ccc2O)c(=O)n(-c2ccccc2)n1C. The lowest BCUT2D eigenvalue weighted by Crippen LogP contribution is -2.32. The molecule has 0 fully saturated rings. The Bertz CT molecular complexity index is 1770. The van der Waals surface area contributed by atoms with Crippen LogP contribution in [-0.4, -0.2) is 40.9 Å². The number of rotatable bonds is 8. The molecule has 0 spiro atoms. The van der Waals surface area contributed by atoms with Gasteiger partial charge in [-0.05, 0) is 56.3 Å². The lowest BCUT2D eigenvalue weighted by molar-refractivity contribution is -0.123. The van der Waals surface area contributed by atoms with Crippen LogP contribution in [0.5, 0.6) is 5.75 Å². The Labute approximate surface area is 234 Å². The Hall–Kier alpha value is -4.55. The topological polar surface area (TPSA) is 149 Å². The van der Waals surface area contributed by atoms with Crippen molar-refractivity contribution >= 4 is 44.9 Å². The standard InChI is InChI=1S/C27H25ClN4O7S/c1-16-24(26(35)32(31(16)3)18-9-5-4-6-10-18)29-25(34)17(2)39-27(36)20-15-19(13-14-23(20)33)40(37,38)30-22-12-8-7-11-21(22)28/h4-15,17,30,33H,1-3H3,(H,29,34). The first-order valence-electron chi connectivity index (χ1n) is 11.9. The van der Waals surface area contributed by atoms with Gasteiger partial charge in [0.2, 0.25) is 0 Å². The summed E-state index contributed by atoms with van der Waals surface area (Å²) in [4.78, 5) is 38.4. The van der Waals surface area contributed by atoms with Gasteiger partial charge in [-0.15, -0.1) is 0 Å². The number of carbonyl (C=O) groups is 2. The molecule has 4 aromatic rings. The number of ether oxygens (including phenoxy) is 1. The second-order valence-corrected chi connectivity index (χ2v) is 10.8. The fourth-order valence-corrected chi connectivity index (χ4v) is 5.15. The van der Waals surface area contributed by atoms with E-state index in [9.17, 15) is 27.9 Å². The highest BCUT2D eigenvalue weighted by molar-refractivity contribution is 7.92. The third-order valence-electron chi connectivity index (χ3n) is 6.07. The maximum absolute atomic E-state index is 13.1. The van der Waals surface area contributed by atoms with Crippen molar-refractivity contribution < 1.29 is 27.9 Å². The minimum absolute atomic E-state index is 0.000775. The second kappa shape index (κ2) is 11.3. The number of hydrogen-bond acceptors (Lipinski definition) is 7. The highest BCUT2D eigenvalue weighted by Gasteiger charge is 2.26. The summed E-state index contributed by atoms with van der Waals surface area (Å²) in [7, 11) is -2.54. The first kappa shape index (κ1) is 28.5. The van der Waals surface area contributed by atoms with Crippen molar-refractivity contribution in [3.8, 4) is 11.4 Å². The summed E-state index contributed by atoms with van der Waals surface area (Å²) >= 11 is 6.03. The zero-order valence-corrected chi connectivity index (χ0v) is 23.2. The maximum atomic E-state index is 13.1. The number of para-hydroxylation sites is 2.